The molecule has 0 bridgehead atoms. The van der Waals surface area contributed by atoms with Gasteiger partial charge < -0.3 is 11.1 Å². The van der Waals surface area contributed by atoms with Crippen LogP contribution in [0, 0.1) is 0 Å². The molecule has 0 saturated carbocycles. The van der Waals surface area contributed by atoms with Crippen molar-refractivity contribution >= 4 is 28.4 Å². The SMILES string of the molecule is CC(C)(CN)NC(=O)CSc1ccc2ccccc2c1. The van der Waals surface area contributed by atoms with E-state index in [4.69, 9.17) is 5.73 Å². The van der Waals surface area contributed by atoms with Crippen molar-refractivity contribution in [1.82, 2.24) is 5.32 Å². The summed E-state index contributed by atoms with van der Waals surface area (Å²) in [6, 6.07) is 14.5. The van der Waals surface area contributed by atoms with E-state index in [0.29, 0.717) is 12.3 Å². The van der Waals surface area contributed by atoms with Gasteiger partial charge in [0.15, 0.2) is 0 Å². The molecular weight excluding hydrogens is 268 g/mol. The first-order chi connectivity index (χ1) is 9.50. The number of amides is 1. The van der Waals surface area contributed by atoms with Crippen LogP contribution in [0.2, 0.25) is 0 Å². The highest BCUT2D eigenvalue weighted by Crippen LogP contribution is 2.23. The largest absolute Gasteiger partial charge is 0.349 e. The smallest absolute Gasteiger partial charge is 0.230 e. The summed E-state index contributed by atoms with van der Waals surface area (Å²) in [5.41, 5.74) is 5.26. The maximum Gasteiger partial charge on any atom is 0.230 e. The van der Waals surface area contributed by atoms with E-state index in [9.17, 15) is 4.79 Å². The first-order valence-electron chi connectivity index (χ1n) is 6.63. The van der Waals surface area contributed by atoms with Gasteiger partial charge in [-0.2, -0.15) is 0 Å². The van der Waals surface area contributed by atoms with Crippen molar-refractivity contribution in [2.24, 2.45) is 5.73 Å². The second-order valence-corrected chi connectivity index (χ2v) is 6.48. The van der Waals surface area contributed by atoms with Crippen molar-refractivity contribution in [3.63, 3.8) is 0 Å². The molecule has 0 spiro atoms. The van der Waals surface area contributed by atoms with Gasteiger partial charge in [-0.25, -0.2) is 0 Å². The quantitative estimate of drug-likeness (QED) is 0.832. The lowest BCUT2D eigenvalue weighted by Gasteiger charge is -2.24. The van der Waals surface area contributed by atoms with Crippen LogP contribution in [0.4, 0.5) is 0 Å². The Morgan fingerprint density at radius 3 is 2.60 bits per heavy atom. The summed E-state index contributed by atoms with van der Waals surface area (Å²) in [4.78, 5) is 13.0. The second kappa shape index (κ2) is 6.29. The number of carbonyl (C=O) groups is 1. The Labute approximate surface area is 123 Å². The molecule has 0 saturated heterocycles. The summed E-state index contributed by atoms with van der Waals surface area (Å²) in [6.45, 7) is 4.27. The second-order valence-electron chi connectivity index (χ2n) is 5.43. The zero-order valence-electron chi connectivity index (χ0n) is 11.8. The first kappa shape index (κ1) is 14.9. The number of nitrogens with two attached hydrogens (primary N) is 1. The van der Waals surface area contributed by atoms with E-state index >= 15 is 0 Å². The van der Waals surface area contributed by atoms with Crippen LogP contribution in [0.3, 0.4) is 0 Å². The van der Waals surface area contributed by atoms with Gasteiger partial charge in [0, 0.05) is 17.0 Å². The summed E-state index contributed by atoms with van der Waals surface area (Å²) in [5.74, 6) is 0.417. The Bertz CT molecular complexity index is 610. The lowest BCUT2D eigenvalue weighted by molar-refractivity contribution is -0.120. The van der Waals surface area contributed by atoms with Crippen LogP contribution >= 0.6 is 11.8 Å². The Kier molecular flexibility index (Phi) is 4.68. The molecule has 0 fully saturated rings. The number of rotatable bonds is 5. The molecule has 0 heterocycles. The summed E-state index contributed by atoms with van der Waals surface area (Å²) < 4.78 is 0. The average Bonchev–Trinajstić information content (AvgIpc) is 2.44. The molecule has 0 unspecified atom stereocenters. The van der Waals surface area contributed by atoms with E-state index in [1.807, 2.05) is 32.0 Å². The first-order valence-corrected chi connectivity index (χ1v) is 7.61. The third-order valence-electron chi connectivity index (χ3n) is 3.08. The van der Waals surface area contributed by atoms with E-state index in [1.165, 1.54) is 10.8 Å². The van der Waals surface area contributed by atoms with Crippen LogP contribution < -0.4 is 11.1 Å². The fourth-order valence-electron chi connectivity index (χ4n) is 1.87. The molecule has 0 radical (unpaired) electrons. The molecule has 1 amide bonds. The van der Waals surface area contributed by atoms with Gasteiger partial charge in [0.05, 0.1) is 5.75 Å². The summed E-state index contributed by atoms with van der Waals surface area (Å²) in [5, 5.41) is 5.34. The maximum absolute atomic E-state index is 11.9. The Morgan fingerprint density at radius 1 is 1.20 bits per heavy atom. The van der Waals surface area contributed by atoms with Crippen LogP contribution in [-0.2, 0) is 4.79 Å². The zero-order valence-corrected chi connectivity index (χ0v) is 12.7. The van der Waals surface area contributed by atoms with Gasteiger partial charge in [0.25, 0.3) is 0 Å². The minimum atomic E-state index is -0.346. The summed E-state index contributed by atoms with van der Waals surface area (Å²) >= 11 is 1.54. The van der Waals surface area contributed by atoms with Crippen molar-refractivity contribution in [3.05, 3.63) is 42.5 Å². The van der Waals surface area contributed by atoms with Crippen molar-refractivity contribution in [3.8, 4) is 0 Å². The Balaban J connectivity index is 1.97. The number of fused-ring (bicyclic) bond motifs is 1. The molecule has 3 nitrogen and oxygen atoms in total. The normalized spacial score (nSPS) is 11.6. The van der Waals surface area contributed by atoms with Crippen molar-refractivity contribution in [2.45, 2.75) is 24.3 Å². The standard InChI is InChI=1S/C16H20N2OS/c1-16(2,11-17)18-15(19)10-20-14-8-7-12-5-3-4-6-13(12)9-14/h3-9H,10-11,17H2,1-2H3,(H,18,19). The van der Waals surface area contributed by atoms with Gasteiger partial charge in [-0.05, 0) is 36.8 Å². The number of benzene rings is 2. The minimum absolute atomic E-state index is 0.0126. The van der Waals surface area contributed by atoms with Gasteiger partial charge in [-0.15, -0.1) is 11.8 Å². The third kappa shape index (κ3) is 3.99. The van der Waals surface area contributed by atoms with E-state index in [0.717, 1.165) is 4.90 Å². The Hall–Kier alpha value is -1.52. The van der Waals surface area contributed by atoms with Gasteiger partial charge in [-0.1, -0.05) is 30.3 Å². The van der Waals surface area contributed by atoms with E-state index in [2.05, 4.69) is 29.6 Å². The van der Waals surface area contributed by atoms with Crippen LogP contribution in [0.1, 0.15) is 13.8 Å². The molecule has 2 aromatic rings. The summed E-state index contributed by atoms with van der Waals surface area (Å²) in [7, 11) is 0. The van der Waals surface area contributed by atoms with Crippen LogP contribution in [-0.4, -0.2) is 23.7 Å². The fourth-order valence-corrected chi connectivity index (χ4v) is 2.62. The van der Waals surface area contributed by atoms with Crippen LogP contribution in [0.5, 0.6) is 0 Å². The van der Waals surface area contributed by atoms with Crippen molar-refractivity contribution in [2.75, 3.05) is 12.3 Å². The molecular formula is C16H20N2OS. The molecule has 20 heavy (non-hydrogen) atoms. The molecule has 0 atom stereocenters. The average molecular weight is 288 g/mol. The molecule has 2 aromatic carbocycles. The van der Waals surface area contributed by atoms with Gasteiger partial charge in [0.1, 0.15) is 0 Å². The van der Waals surface area contributed by atoms with Crippen LogP contribution in [0.25, 0.3) is 10.8 Å². The third-order valence-corrected chi connectivity index (χ3v) is 4.07. The number of carbonyl (C=O) groups excluding carboxylic acids is 1. The highest BCUT2D eigenvalue weighted by Gasteiger charge is 2.17. The molecule has 0 aromatic heterocycles. The molecule has 3 N–H and O–H groups in total. The zero-order chi connectivity index (χ0) is 14.6. The molecule has 2 rings (SSSR count). The van der Waals surface area contributed by atoms with Crippen molar-refractivity contribution < 1.29 is 4.79 Å². The summed E-state index contributed by atoms with van der Waals surface area (Å²) in [6.07, 6.45) is 0. The Morgan fingerprint density at radius 2 is 1.90 bits per heavy atom. The molecule has 0 aliphatic carbocycles. The molecule has 0 aliphatic heterocycles. The molecule has 4 heteroatoms. The van der Waals surface area contributed by atoms with E-state index in [-0.39, 0.29) is 11.4 Å². The number of hydrogen-bond acceptors (Lipinski definition) is 3. The van der Waals surface area contributed by atoms with E-state index < -0.39 is 0 Å². The number of nitrogens with one attached hydrogen (secondary N) is 1. The van der Waals surface area contributed by atoms with E-state index in [1.54, 1.807) is 11.8 Å². The van der Waals surface area contributed by atoms with Gasteiger partial charge >= 0.3 is 0 Å². The number of hydrogen-bond donors (Lipinski definition) is 2. The molecule has 0 aliphatic rings. The maximum atomic E-state index is 11.9. The van der Waals surface area contributed by atoms with Gasteiger partial charge in [0.2, 0.25) is 5.91 Å². The monoisotopic (exact) mass is 288 g/mol. The van der Waals surface area contributed by atoms with Crippen molar-refractivity contribution in [1.29, 1.82) is 0 Å². The predicted molar refractivity (Wildman–Crippen MR) is 85.9 cm³/mol. The lowest BCUT2D eigenvalue weighted by atomic mass is 10.1. The molecule has 106 valence electrons. The minimum Gasteiger partial charge on any atom is -0.349 e. The topological polar surface area (TPSA) is 55.1 Å². The highest BCUT2D eigenvalue weighted by molar-refractivity contribution is 8.00. The van der Waals surface area contributed by atoms with Gasteiger partial charge in [-0.3, -0.25) is 4.79 Å². The predicted octanol–water partition coefficient (Wildman–Crippen LogP) is 2.79. The lowest BCUT2D eigenvalue weighted by Crippen LogP contribution is -2.49. The number of thioether (sulfide) groups is 1. The highest BCUT2D eigenvalue weighted by atomic mass is 32.2. The fraction of sp³-hybridized carbons (Fsp3) is 0.312. The van der Waals surface area contributed by atoms with Crippen LogP contribution in [0.15, 0.2) is 47.4 Å².